The molecule has 24 heavy (non-hydrogen) atoms. The zero-order valence-corrected chi connectivity index (χ0v) is 14.5. The molecular formula is C16H25N7O. The Kier molecular flexibility index (Phi) is 4.66. The molecule has 1 amide bonds. The zero-order valence-electron chi connectivity index (χ0n) is 14.5. The highest BCUT2D eigenvalue weighted by Crippen LogP contribution is 2.22. The second-order valence-electron chi connectivity index (χ2n) is 7.46. The van der Waals surface area contributed by atoms with Gasteiger partial charge in [-0.3, -0.25) is 19.9 Å². The Morgan fingerprint density at radius 2 is 2.25 bits per heavy atom. The van der Waals surface area contributed by atoms with Crippen molar-refractivity contribution in [2.24, 2.45) is 5.92 Å². The SMILES string of the molecule is CC(C)(C)c1cc(CN2CCC(CNC(=O)c3ncn[nH]3)C2)[nH]n1. The van der Waals surface area contributed by atoms with E-state index in [1.165, 1.54) is 6.33 Å². The first kappa shape index (κ1) is 16.6. The van der Waals surface area contributed by atoms with E-state index in [0.717, 1.165) is 37.4 Å². The van der Waals surface area contributed by atoms with Gasteiger partial charge in [0, 0.05) is 30.7 Å². The molecule has 0 saturated carbocycles. The number of hydrogen-bond acceptors (Lipinski definition) is 5. The van der Waals surface area contributed by atoms with Gasteiger partial charge in [-0.05, 0) is 24.9 Å². The molecule has 130 valence electrons. The molecule has 2 aromatic heterocycles. The molecule has 3 heterocycles. The number of carbonyl (C=O) groups is 1. The number of aromatic amines is 2. The second-order valence-corrected chi connectivity index (χ2v) is 7.46. The monoisotopic (exact) mass is 331 g/mol. The average molecular weight is 331 g/mol. The minimum Gasteiger partial charge on any atom is -0.349 e. The minimum absolute atomic E-state index is 0.0628. The second kappa shape index (κ2) is 6.72. The van der Waals surface area contributed by atoms with E-state index >= 15 is 0 Å². The molecule has 8 heteroatoms. The summed E-state index contributed by atoms with van der Waals surface area (Å²) in [5.74, 6) is 0.522. The maximum absolute atomic E-state index is 11.9. The van der Waals surface area contributed by atoms with E-state index in [2.05, 4.69) is 62.4 Å². The van der Waals surface area contributed by atoms with Gasteiger partial charge in [-0.15, -0.1) is 0 Å². The van der Waals surface area contributed by atoms with Crippen LogP contribution in [0.15, 0.2) is 12.4 Å². The van der Waals surface area contributed by atoms with Gasteiger partial charge >= 0.3 is 0 Å². The van der Waals surface area contributed by atoms with E-state index in [1.54, 1.807) is 0 Å². The van der Waals surface area contributed by atoms with Gasteiger partial charge in [0.1, 0.15) is 6.33 Å². The van der Waals surface area contributed by atoms with Gasteiger partial charge in [0.05, 0.1) is 5.69 Å². The molecule has 1 aliphatic heterocycles. The Balaban J connectivity index is 1.45. The summed E-state index contributed by atoms with van der Waals surface area (Å²) < 4.78 is 0. The van der Waals surface area contributed by atoms with Gasteiger partial charge in [0.25, 0.3) is 5.91 Å². The Hall–Kier alpha value is -2.22. The molecule has 1 fully saturated rings. The molecule has 0 spiro atoms. The summed E-state index contributed by atoms with van der Waals surface area (Å²) in [6.07, 6.45) is 2.42. The van der Waals surface area contributed by atoms with Crippen LogP contribution < -0.4 is 5.32 Å². The predicted molar refractivity (Wildman–Crippen MR) is 89.4 cm³/mol. The zero-order chi connectivity index (χ0) is 17.2. The van der Waals surface area contributed by atoms with Gasteiger partial charge in [-0.25, -0.2) is 4.98 Å². The van der Waals surface area contributed by atoms with Gasteiger partial charge in [-0.2, -0.15) is 10.2 Å². The number of nitrogens with zero attached hydrogens (tertiary/aromatic N) is 4. The maximum Gasteiger partial charge on any atom is 0.288 e. The first-order valence-corrected chi connectivity index (χ1v) is 8.32. The van der Waals surface area contributed by atoms with E-state index in [1.807, 2.05) is 0 Å². The van der Waals surface area contributed by atoms with Crippen LogP contribution in [0.4, 0.5) is 0 Å². The minimum atomic E-state index is -0.200. The summed E-state index contributed by atoms with van der Waals surface area (Å²) in [4.78, 5) is 18.1. The van der Waals surface area contributed by atoms with E-state index in [-0.39, 0.29) is 17.1 Å². The average Bonchev–Trinajstić information content (AvgIpc) is 3.26. The molecule has 1 unspecified atom stereocenters. The van der Waals surface area contributed by atoms with Crippen molar-refractivity contribution >= 4 is 5.91 Å². The molecule has 0 aromatic carbocycles. The van der Waals surface area contributed by atoms with Crippen LogP contribution in [0.5, 0.6) is 0 Å². The number of H-pyrrole nitrogens is 2. The van der Waals surface area contributed by atoms with Crippen molar-refractivity contribution in [3.05, 3.63) is 29.6 Å². The lowest BCUT2D eigenvalue weighted by molar-refractivity contribution is 0.0937. The first-order valence-electron chi connectivity index (χ1n) is 8.32. The fraction of sp³-hybridized carbons (Fsp3) is 0.625. The van der Waals surface area contributed by atoms with Crippen molar-refractivity contribution in [2.45, 2.75) is 39.2 Å². The number of aromatic nitrogens is 5. The highest BCUT2D eigenvalue weighted by Gasteiger charge is 2.24. The van der Waals surface area contributed by atoms with Crippen molar-refractivity contribution in [3.8, 4) is 0 Å². The van der Waals surface area contributed by atoms with Gasteiger partial charge in [0.2, 0.25) is 5.82 Å². The lowest BCUT2D eigenvalue weighted by Gasteiger charge is -2.15. The molecule has 2 aromatic rings. The largest absolute Gasteiger partial charge is 0.349 e. The quantitative estimate of drug-likeness (QED) is 0.761. The highest BCUT2D eigenvalue weighted by molar-refractivity contribution is 5.90. The molecule has 3 rings (SSSR count). The highest BCUT2D eigenvalue weighted by atomic mass is 16.2. The molecule has 0 bridgehead atoms. The van der Waals surface area contributed by atoms with Crippen LogP contribution in [0.25, 0.3) is 0 Å². The fourth-order valence-electron chi connectivity index (χ4n) is 2.93. The van der Waals surface area contributed by atoms with Crippen LogP contribution in [0.3, 0.4) is 0 Å². The van der Waals surface area contributed by atoms with Crippen LogP contribution >= 0.6 is 0 Å². The summed E-state index contributed by atoms with van der Waals surface area (Å²) in [5, 5.41) is 16.7. The number of carbonyl (C=O) groups excluding carboxylic acids is 1. The van der Waals surface area contributed by atoms with Crippen molar-refractivity contribution in [1.82, 2.24) is 35.6 Å². The molecule has 1 saturated heterocycles. The molecule has 1 aliphatic rings. The fourth-order valence-corrected chi connectivity index (χ4v) is 2.93. The normalized spacial score (nSPS) is 18.9. The molecule has 3 N–H and O–H groups in total. The van der Waals surface area contributed by atoms with Crippen molar-refractivity contribution in [1.29, 1.82) is 0 Å². The Morgan fingerprint density at radius 1 is 1.42 bits per heavy atom. The number of rotatable bonds is 5. The van der Waals surface area contributed by atoms with E-state index in [9.17, 15) is 4.79 Å². The van der Waals surface area contributed by atoms with Crippen LogP contribution in [0.1, 0.15) is 49.2 Å². The number of likely N-dealkylation sites (tertiary alicyclic amines) is 1. The topological polar surface area (TPSA) is 103 Å². The van der Waals surface area contributed by atoms with Crippen molar-refractivity contribution < 1.29 is 4.79 Å². The standard InChI is InChI=1S/C16H25N7O/c1-16(2,3)13-6-12(20-21-13)9-23-5-4-11(8-23)7-17-15(24)14-18-10-19-22-14/h6,10-11H,4-5,7-9H2,1-3H3,(H,17,24)(H,20,21)(H,18,19,22). The first-order chi connectivity index (χ1) is 11.4. The molecule has 1 atom stereocenters. The Bertz CT molecular complexity index is 671. The number of hydrogen-bond donors (Lipinski definition) is 3. The van der Waals surface area contributed by atoms with E-state index < -0.39 is 0 Å². The molecule has 8 nitrogen and oxygen atoms in total. The van der Waals surface area contributed by atoms with Gasteiger partial charge in [-0.1, -0.05) is 20.8 Å². The molecule has 0 radical (unpaired) electrons. The van der Waals surface area contributed by atoms with Crippen molar-refractivity contribution in [3.63, 3.8) is 0 Å². The molecule has 0 aliphatic carbocycles. The van der Waals surface area contributed by atoms with E-state index in [0.29, 0.717) is 12.5 Å². The summed E-state index contributed by atoms with van der Waals surface area (Å²) in [5.41, 5.74) is 2.30. The lowest BCUT2D eigenvalue weighted by atomic mass is 9.92. The summed E-state index contributed by atoms with van der Waals surface area (Å²) in [6.45, 7) is 10.0. The maximum atomic E-state index is 11.9. The van der Waals surface area contributed by atoms with Gasteiger partial charge < -0.3 is 5.32 Å². The Labute approximate surface area is 141 Å². The molecular weight excluding hydrogens is 306 g/mol. The van der Waals surface area contributed by atoms with Crippen molar-refractivity contribution in [2.75, 3.05) is 19.6 Å². The van der Waals surface area contributed by atoms with Crippen LogP contribution in [-0.2, 0) is 12.0 Å². The third kappa shape index (κ3) is 4.00. The smallest absolute Gasteiger partial charge is 0.288 e. The predicted octanol–water partition coefficient (Wildman–Crippen LogP) is 1.08. The summed E-state index contributed by atoms with van der Waals surface area (Å²) in [7, 11) is 0. The van der Waals surface area contributed by atoms with E-state index in [4.69, 9.17) is 0 Å². The third-order valence-corrected chi connectivity index (χ3v) is 4.34. The number of amides is 1. The lowest BCUT2D eigenvalue weighted by Crippen LogP contribution is -2.31. The third-order valence-electron chi connectivity index (χ3n) is 4.34. The summed E-state index contributed by atoms with van der Waals surface area (Å²) >= 11 is 0. The van der Waals surface area contributed by atoms with Gasteiger partial charge in [0.15, 0.2) is 0 Å². The Morgan fingerprint density at radius 3 is 2.92 bits per heavy atom. The summed E-state index contributed by atoms with van der Waals surface area (Å²) in [6, 6.07) is 2.15. The van der Waals surface area contributed by atoms with Crippen LogP contribution in [0, 0.1) is 5.92 Å². The van der Waals surface area contributed by atoms with Crippen LogP contribution in [-0.4, -0.2) is 55.8 Å². The number of nitrogens with one attached hydrogen (secondary N) is 3. The van der Waals surface area contributed by atoms with Crippen LogP contribution in [0.2, 0.25) is 0 Å².